The van der Waals surface area contributed by atoms with Crippen molar-refractivity contribution in [2.24, 2.45) is 0 Å². The van der Waals surface area contributed by atoms with Gasteiger partial charge in [0.25, 0.3) is 0 Å². The summed E-state index contributed by atoms with van der Waals surface area (Å²) in [6.07, 6.45) is 6.01. The fourth-order valence-electron chi connectivity index (χ4n) is 4.30. The number of benzene rings is 3. The Morgan fingerprint density at radius 2 is 1.62 bits per heavy atom. The van der Waals surface area contributed by atoms with E-state index < -0.39 is 5.97 Å². The molecule has 0 saturated carbocycles. The highest BCUT2D eigenvalue weighted by atomic mass is 35.5. The Morgan fingerprint density at radius 3 is 2.35 bits per heavy atom. The zero-order valence-electron chi connectivity index (χ0n) is 20.9. The Labute approximate surface area is 222 Å². The van der Waals surface area contributed by atoms with Crippen molar-refractivity contribution in [3.05, 3.63) is 83.0 Å². The van der Waals surface area contributed by atoms with Crippen LogP contribution < -0.4 is 16.0 Å². The molecule has 0 bridgehead atoms. The van der Waals surface area contributed by atoms with Crippen LogP contribution in [0, 0.1) is 0 Å². The average Bonchev–Trinajstić information content (AvgIpc) is 3.39. The molecule has 4 aromatic rings. The minimum absolute atomic E-state index is 0.250. The molecule has 194 valence electrons. The third-order valence-corrected chi connectivity index (χ3v) is 6.62. The summed E-state index contributed by atoms with van der Waals surface area (Å²) >= 11 is 6.51. The van der Waals surface area contributed by atoms with E-state index in [1.54, 1.807) is 18.3 Å². The third kappa shape index (κ3) is 7.79. The molecule has 0 radical (unpaired) electrons. The number of unbranched alkanes of at least 4 members (excludes halogenated alkanes) is 2. The van der Waals surface area contributed by atoms with Crippen LogP contribution in [0.1, 0.15) is 41.6 Å². The molecule has 4 rings (SSSR count). The minimum Gasteiger partial charge on any atom is -0.478 e. The lowest BCUT2D eigenvalue weighted by molar-refractivity contribution is 0.0697. The Balaban J connectivity index is 1.04. The molecule has 0 atom stereocenters. The monoisotopic (exact) mass is 519 g/mol. The largest absolute Gasteiger partial charge is 0.478 e. The number of hydrogen-bond donors (Lipinski definition) is 5. The molecular formula is C29H34ClN5O2. The summed E-state index contributed by atoms with van der Waals surface area (Å²) in [6, 6.07) is 19.8. The van der Waals surface area contributed by atoms with E-state index in [2.05, 4.69) is 50.4 Å². The number of fused-ring (bicyclic) bond motifs is 1. The summed E-state index contributed by atoms with van der Waals surface area (Å²) in [6.45, 7) is 4.54. The van der Waals surface area contributed by atoms with E-state index in [9.17, 15) is 9.90 Å². The van der Waals surface area contributed by atoms with Crippen LogP contribution in [0.4, 0.5) is 5.69 Å². The van der Waals surface area contributed by atoms with Crippen LogP contribution in [-0.4, -0.2) is 47.5 Å². The van der Waals surface area contributed by atoms with Gasteiger partial charge in [0.05, 0.1) is 17.3 Å². The maximum atomic E-state index is 11.3. The number of nitrogens with zero attached hydrogens (tertiary/aromatic N) is 1. The SMILES string of the molecule is O=C(O)c1cc(NCCCCNCCCCNCc2ccc(-c3ccccc3)c(Cl)c2)c2cn[nH]c2c1. The van der Waals surface area contributed by atoms with Gasteiger partial charge in [-0.05, 0) is 74.6 Å². The quantitative estimate of drug-likeness (QED) is 0.125. The number of hydrogen-bond acceptors (Lipinski definition) is 5. The van der Waals surface area contributed by atoms with Crippen molar-refractivity contribution in [1.82, 2.24) is 20.8 Å². The van der Waals surface area contributed by atoms with Crippen molar-refractivity contribution in [2.75, 3.05) is 31.5 Å². The van der Waals surface area contributed by atoms with Gasteiger partial charge in [0.1, 0.15) is 0 Å². The molecule has 0 fully saturated rings. The molecule has 0 saturated heterocycles. The number of anilines is 1. The fraction of sp³-hybridized carbons (Fsp3) is 0.310. The molecular weight excluding hydrogens is 486 g/mol. The second-order valence-corrected chi connectivity index (χ2v) is 9.52. The van der Waals surface area contributed by atoms with Gasteiger partial charge in [-0.25, -0.2) is 4.79 Å². The van der Waals surface area contributed by atoms with E-state index >= 15 is 0 Å². The van der Waals surface area contributed by atoms with Crippen LogP contribution in [0.3, 0.4) is 0 Å². The van der Waals surface area contributed by atoms with Gasteiger partial charge >= 0.3 is 5.97 Å². The van der Waals surface area contributed by atoms with Crippen molar-refractivity contribution in [1.29, 1.82) is 0 Å². The predicted molar refractivity (Wildman–Crippen MR) is 151 cm³/mol. The molecule has 1 heterocycles. The lowest BCUT2D eigenvalue weighted by Gasteiger charge is -2.10. The number of aromatic nitrogens is 2. The van der Waals surface area contributed by atoms with Gasteiger partial charge in [0.15, 0.2) is 0 Å². The lowest BCUT2D eigenvalue weighted by atomic mass is 10.0. The number of nitrogens with one attached hydrogen (secondary N) is 4. The molecule has 3 aromatic carbocycles. The summed E-state index contributed by atoms with van der Waals surface area (Å²) in [4.78, 5) is 11.3. The molecule has 0 aliphatic heterocycles. The van der Waals surface area contributed by atoms with Gasteiger partial charge in [-0.1, -0.05) is 54.1 Å². The van der Waals surface area contributed by atoms with Crippen molar-refractivity contribution in [2.45, 2.75) is 32.2 Å². The van der Waals surface area contributed by atoms with Gasteiger partial charge in [-0.2, -0.15) is 5.10 Å². The molecule has 0 aliphatic rings. The Hall–Kier alpha value is -3.39. The second kappa shape index (κ2) is 13.8. The van der Waals surface area contributed by atoms with E-state index in [0.717, 1.165) is 91.1 Å². The maximum absolute atomic E-state index is 11.3. The number of H-pyrrole nitrogens is 1. The van der Waals surface area contributed by atoms with Crippen LogP contribution in [-0.2, 0) is 6.54 Å². The summed E-state index contributed by atoms with van der Waals surface area (Å²) < 4.78 is 0. The van der Waals surface area contributed by atoms with Crippen LogP contribution >= 0.6 is 11.6 Å². The Bertz CT molecular complexity index is 1290. The molecule has 5 N–H and O–H groups in total. The first-order valence-corrected chi connectivity index (χ1v) is 13.2. The zero-order valence-corrected chi connectivity index (χ0v) is 21.7. The van der Waals surface area contributed by atoms with E-state index in [4.69, 9.17) is 11.6 Å². The van der Waals surface area contributed by atoms with Gasteiger partial charge < -0.3 is 21.1 Å². The van der Waals surface area contributed by atoms with Gasteiger partial charge in [0, 0.05) is 34.7 Å². The normalized spacial score (nSPS) is 11.2. The molecule has 0 spiro atoms. The van der Waals surface area contributed by atoms with Crippen molar-refractivity contribution >= 4 is 34.2 Å². The highest BCUT2D eigenvalue weighted by molar-refractivity contribution is 6.33. The van der Waals surface area contributed by atoms with E-state index in [0.29, 0.717) is 0 Å². The molecule has 0 amide bonds. The first kappa shape index (κ1) is 26.7. The van der Waals surface area contributed by atoms with Crippen LogP contribution in [0.25, 0.3) is 22.0 Å². The molecule has 7 nitrogen and oxygen atoms in total. The average molecular weight is 520 g/mol. The number of halogens is 1. The van der Waals surface area contributed by atoms with Crippen molar-refractivity contribution in [3.63, 3.8) is 0 Å². The molecule has 1 aromatic heterocycles. The highest BCUT2D eigenvalue weighted by Crippen LogP contribution is 2.28. The number of carboxylic acids is 1. The second-order valence-electron chi connectivity index (χ2n) is 9.11. The van der Waals surface area contributed by atoms with Crippen LogP contribution in [0.5, 0.6) is 0 Å². The molecule has 8 heteroatoms. The number of carboxylic acid groups (broad SMARTS) is 1. The highest BCUT2D eigenvalue weighted by Gasteiger charge is 2.10. The predicted octanol–water partition coefficient (Wildman–Crippen LogP) is 5.93. The minimum atomic E-state index is -0.944. The molecule has 0 aliphatic carbocycles. The number of aromatic carboxylic acids is 1. The maximum Gasteiger partial charge on any atom is 0.335 e. The lowest BCUT2D eigenvalue weighted by Crippen LogP contribution is -2.20. The van der Waals surface area contributed by atoms with E-state index in [1.165, 1.54) is 5.56 Å². The zero-order chi connectivity index (χ0) is 25.9. The number of aromatic amines is 1. The standard InChI is InChI=1S/C29H34ClN5O2/c30-26-16-21(10-11-24(26)22-8-2-1-3-9-22)19-32-14-5-4-12-31-13-6-7-15-33-27-17-23(29(36)37)18-28-25(27)20-34-35-28/h1-3,8-11,16-18,20,31-33H,4-7,12-15,19H2,(H,34,35)(H,36,37). The Kier molecular flexibility index (Phi) is 9.94. The smallest absolute Gasteiger partial charge is 0.335 e. The van der Waals surface area contributed by atoms with Gasteiger partial charge in [-0.15, -0.1) is 0 Å². The van der Waals surface area contributed by atoms with Crippen LogP contribution in [0.15, 0.2) is 66.9 Å². The van der Waals surface area contributed by atoms with Gasteiger partial charge in [-0.3, -0.25) is 5.10 Å². The summed E-state index contributed by atoms with van der Waals surface area (Å²) in [5.74, 6) is -0.944. The number of carbonyl (C=O) groups is 1. The van der Waals surface area contributed by atoms with Gasteiger partial charge in [0.2, 0.25) is 0 Å². The first-order valence-electron chi connectivity index (χ1n) is 12.8. The fourth-order valence-corrected chi connectivity index (χ4v) is 4.61. The summed E-state index contributed by atoms with van der Waals surface area (Å²) in [7, 11) is 0. The first-order chi connectivity index (χ1) is 18.1. The van der Waals surface area contributed by atoms with E-state index in [1.807, 2.05) is 24.3 Å². The Morgan fingerprint density at radius 1 is 0.892 bits per heavy atom. The summed E-state index contributed by atoms with van der Waals surface area (Å²) in [5.41, 5.74) is 5.18. The number of rotatable bonds is 15. The van der Waals surface area contributed by atoms with Crippen molar-refractivity contribution in [3.8, 4) is 11.1 Å². The molecule has 0 unspecified atom stereocenters. The topological polar surface area (TPSA) is 102 Å². The van der Waals surface area contributed by atoms with Crippen LogP contribution in [0.2, 0.25) is 5.02 Å². The van der Waals surface area contributed by atoms with E-state index in [-0.39, 0.29) is 5.56 Å². The van der Waals surface area contributed by atoms with Crippen molar-refractivity contribution < 1.29 is 9.90 Å². The molecule has 37 heavy (non-hydrogen) atoms. The third-order valence-electron chi connectivity index (χ3n) is 6.31. The summed E-state index contributed by atoms with van der Waals surface area (Å²) in [5, 5.41) is 28.2.